The lowest BCUT2D eigenvalue weighted by Crippen LogP contribution is -2.34. The molecule has 0 aromatic heterocycles. The molecule has 1 heterocycles. The van der Waals surface area contributed by atoms with Crippen molar-refractivity contribution in [3.63, 3.8) is 0 Å². The SMILES string of the molecule is CC(C)NC(=O)c1ccc(Cl)cc1NC(=O)CC(C)C1CCCNC1.Cl. The van der Waals surface area contributed by atoms with Gasteiger partial charge in [-0.05, 0) is 69.8 Å². The Morgan fingerprint density at radius 3 is 2.65 bits per heavy atom. The van der Waals surface area contributed by atoms with E-state index in [9.17, 15) is 9.59 Å². The van der Waals surface area contributed by atoms with Gasteiger partial charge in [0.25, 0.3) is 5.91 Å². The van der Waals surface area contributed by atoms with Crippen molar-refractivity contribution in [2.45, 2.75) is 46.1 Å². The fraction of sp³-hybridized carbons (Fsp3) is 0.579. The maximum absolute atomic E-state index is 12.5. The van der Waals surface area contributed by atoms with Gasteiger partial charge in [-0.1, -0.05) is 18.5 Å². The summed E-state index contributed by atoms with van der Waals surface area (Å²) in [6, 6.07) is 4.94. The molecule has 7 heteroatoms. The van der Waals surface area contributed by atoms with Gasteiger partial charge in [-0.2, -0.15) is 0 Å². The summed E-state index contributed by atoms with van der Waals surface area (Å²) in [5.74, 6) is 0.507. The van der Waals surface area contributed by atoms with Crippen LogP contribution in [0.5, 0.6) is 0 Å². The minimum atomic E-state index is -0.216. The van der Waals surface area contributed by atoms with Crippen LogP contribution in [0.15, 0.2) is 18.2 Å². The van der Waals surface area contributed by atoms with Gasteiger partial charge >= 0.3 is 0 Å². The van der Waals surface area contributed by atoms with Crippen LogP contribution in [0.4, 0.5) is 5.69 Å². The minimum absolute atomic E-state index is 0. The van der Waals surface area contributed by atoms with Crippen LogP contribution in [0.2, 0.25) is 5.02 Å². The topological polar surface area (TPSA) is 70.2 Å². The zero-order chi connectivity index (χ0) is 18.4. The molecule has 1 aliphatic rings. The molecule has 3 N–H and O–H groups in total. The number of hydrogen-bond acceptors (Lipinski definition) is 3. The van der Waals surface area contributed by atoms with Crippen LogP contribution in [0.25, 0.3) is 0 Å². The van der Waals surface area contributed by atoms with Gasteiger partial charge in [0.1, 0.15) is 0 Å². The Kier molecular flexibility index (Phi) is 9.41. The number of rotatable bonds is 6. The van der Waals surface area contributed by atoms with Crippen molar-refractivity contribution in [3.8, 4) is 0 Å². The van der Waals surface area contributed by atoms with Crippen molar-refractivity contribution in [1.82, 2.24) is 10.6 Å². The Balaban J connectivity index is 0.00000338. The van der Waals surface area contributed by atoms with Gasteiger partial charge < -0.3 is 16.0 Å². The van der Waals surface area contributed by atoms with Crippen molar-refractivity contribution in [2.24, 2.45) is 11.8 Å². The highest BCUT2D eigenvalue weighted by Gasteiger charge is 2.23. The summed E-state index contributed by atoms with van der Waals surface area (Å²) in [7, 11) is 0. The highest BCUT2D eigenvalue weighted by atomic mass is 35.5. The molecule has 0 spiro atoms. The average molecular weight is 402 g/mol. The largest absolute Gasteiger partial charge is 0.350 e. The number of halogens is 2. The Bertz CT molecular complexity index is 617. The van der Waals surface area contributed by atoms with Crippen LogP contribution >= 0.6 is 24.0 Å². The third-order valence-electron chi connectivity index (χ3n) is 4.57. The van der Waals surface area contributed by atoms with Crippen molar-refractivity contribution in [2.75, 3.05) is 18.4 Å². The Hall–Kier alpha value is -1.30. The van der Waals surface area contributed by atoms with Crippen LogP contribution in [0.3, 0.4) is 0 Å². The van der Waals surface area contributed by atoms with E-state index in [1.54, 1.807) is 18.2 Å². The van der Waals surface area contributed by atoms with E-state index in [2.05, 4.69) is 22.9 Å². The minimum Gasteiger partial charge on any atom is -0.350 e. The van der Waals surface area contributed by atoms with Crippen LogP contribution in [0.1, 0.15) is 50.4 Å². The third-order valence-corrected chi connectivity index (χ3v) is 4.80. The van der Waals surface area contributed by atoms with Crippen LogP contribution in [-0.2, 0) is 4.79 Å². The van der Waals surface area contributed by atoms with E-state index >= 15 is 0 Å². The first-order valence-corrected chi connectivity index (χ1v) is 9.35. The van der Waals surface area contributed by atoms with Gasteiger partial charge in [-0.25, -0.2) is 0 Å². The van der Waals surface area contributed by atoms with Gasteiger partial charge in [0, 0.05) is 17.5 Å². The quantitative estimate of drug-likeness (QED) is 0.677. The van der Waals surface area contributed by atoms with Gasteiger partial charge in [0.2, 0.25) is 5.91 Å². The molecule has 26 heavy (non-hydrogen) atoms. The Morgan fingerprint density at radius 1 is 1.31 bits per heavy atom. The second-order valence-corrected chi connectivity index (χ2v) is 7.59. The fourth-order valence-electron chi connectivity index (χ4n) is 3.18. The zero-order valence-corrected chi connectivity index (χ0v) is 17.2. The van der Waals surface area contributed by atoms with E-state index < -0.39 is 0 Å². The normalized spacial score (nSPS) is 18.0. The maximum Gasteiger partial charge on any atom is 0.253 e. The zero-order valence-electron chi connectivity index (χ0n) is 15.6. The number of anilines is 1. The number of nitrogens with one attached hydrogen (secondary N) is 3. The molecular weight excluding hydrogens is 373 g/mol. The van der Waals surface area contributed by atoms with E-state index in [1.807, 2.05) is 13.8 Å². The molecule has 1 aromatic carbocycles. The molecule has 146 valence electrons. The fourth-order valence-corrected chi connectivity index (χ4v) is 3.35. The van der Waals surface area contributed by atoms with Gasteiger partial charge in [0.05, 0.1) is 11.3 Å². The Morgan fingerprint density at radius 2 is 2.04 bits per heavy atom. The van der Waals surface area contributed by atoms with Gasteiger partial charge in [-0.3, -0.25) is 9.59 Å². The molecular formula is C19H29Cl2N3O2. The predicted octanol–water partition coefficient (Wildman–Crippen LogP) is 3.86. The summed E-state index contributed by atoms with van der Waals surface area (Å²) in [6.45, 7) is 7.93. The number of amides is 2. The van der Waals surface area contributed by atoms with Crippen molar-refractivity contribution in [3.05, 3.63) is 28.8 Å². The standard InChI is InChI=1S/C19H28ClN3O2.ClH/c1-12(2)22-19(25)16-7-6-15(20)10-17(16)23-18(24)9-13(3)14-5-4-8-21-11-14;/h6-7,10,12-14,21H,4-5,8-9,11H2,1-3H3,(H,22,25)(H,23,24);1H. The molecule has 0 bridgehead atoms. The summed E-state index contributed by atoms with van der Waals surface area (Å²) in [5.41, 5.74) is 0.892. The molecule has 1 aliphatic heterocycles. The maximum atomic E-state index is 12.5. The van der Waals surface area contributed by atoms with E-state index in [4.69, 9.17) is 11.6 Å². The lowest BCUT2D eigenvalue weighted by molar-refractivity contribution is -0.117. The highest BCUT2D eigenvalue weighted by Crippen LogP contribution is 2.25. The van der Waals surface area contributed by atoms with Crippen LogP contribution in [-0.4, -0.2) is 30.9 Å². The summed E-state index contributed by atoms with van der Waals surface area (Å²) >= 11 is 6.05. The smallest absolute Gasteiger partial charge is 0.253 e. The summed E-state index contributed by atoms with van der Waals surface area (Å²) in [6.07, 6.45) is 2.75. The number of carbonyl (C=O) groups is 2. The second-order valence-electron chi connectivity index (χ2n) is 7.15. The molecule has 2 atom stereocenters. The highest BCUT2D eigenvalue weighted by molar-refractivity contribution is 6.31. The molecule has 2 unspecified atom stereocenters. The number of piperidine rings is 1. The number of benzene rings is 1. The number of carbonyl (C=O) groups excluding carboxylic acids is 2. The summed E-state index contributed by atoms with van der Waals surface area (Å²) in [4.78, 5) is 24.8. The molecule has 1 fully saturated rings. The number of hydrogen-bond donors (Lipinski definition) is 3. The van der Waals surface area contributed by atoms with E-state index in [-0.39, 0.29) is 30.3 Å². The van der Waals surface area contributed by atoms with E-state index in [0.29, 0.717) is 34.5 Å². The molecule has 5 nitrogen and oxygen atoms in total. The van der Waals surface area contributed by atoms with Gasteiger partial charge in [-0.15, -0.1) is 12.4 Å². The molecule has 1 aromatic rings. The van der Waals surface area contributed by atoms with E-state index in [0.717, 1.165) is 25.9 Å². The van der Waals surface area contributed by atoms with E-state index in [1.165, 1.54) is 0 Å². The predicted molar refractivity (Wildman–Crippen MR) is 109 cm³/mol. The summed E-state index contributed by atoms with van der Waals surface area (Å²) < 4.78 is 0. The molecule has 0 radical (unpaired) electrons. The first-order valence-electron chi connectivity index (χ1n) is 8.97. The van der Waals surface area contributed by atoms with Crippen molar-refractivity contribution >= 4 is 41.5 Å². The van der Waals surface area contributed by atoms with Crippen molar-refractivity contribution < 1.29 is 9.59 Å². The van der Waals surface area contributed by atoms with Crippen molar-refractivity contribution in [1.29, 1.82) is 0 Å². The first kappa shape index (κ1) is 22.7. The van der Waals surface area contributed by atoms with Crippen LogP contribution < -0.4 is 16.0 Å². The Labute approximate surface area is 167 Å². The molecule has 1 saturated heterocycles. The lowest BCUT2D eigenvalue weighted by atomic mass is 9.85. The second kappa shape index (κ2) is 10.8. The molecule has 2 rings (SSSR count). The monoisotopic (exact) mass is 401 g/mol. The summed E-state index contributed by atoms with van der Waals surface area (Å²) in [5, 5.41) is 9.59. The average Bonchev–Trinajstić information content (AvgIpc) is 2.54. The molecule has 0 aliphatic carbocycles. The lowest BCUT2D eigenvalue weighted by Gasteiger charge is -2.28. The van der Waals surface area contributed by atoms with Gasteiger partial charge in [0.15, 0.2) is 0 Å². The third kappa shape index (κ3) is 6.78. The first-order chi connectivity index (χ1) is 11.9. The molecule has 0 saturated carbocycles. The van der Waals surface area contributed by atoms with Crippen LogP contribution in [0, 0.1) is 11.8 Å². The molecule has 2 amide bonds.